The van der Waals surface area contributed by atoms with E-state index in [1.165, 1.54) is 11.3 Å². The van der Waals surface area contributed by atoms with Gasteiger partial charge in [-0.15, -0.1) is 22.7 Å². The van der Waals surface area contributed by atoms with Gasteiger partial charge >= 0.3 is 0 Å². The van der Waals surface area contributed by atoms with Crippen molar-refractivity contribution in [1.82, 2.24) is 25.5 Å². The number of aromatic nitrogens is 2. The fraction of sp³-hybridized carbons (Fsp3) is 0.387. The molecule has 11 heteroatoms. The number of likely N-dealkylation sites (tertiary alicyclic amines) is 1. The molecule has 1 saturated heterocycles. The quantitative estimate of drug-likeness (QED) is 0.234. The largest absolute Gasteiger partial charge is 0.348 e. The Labute approximate surface area is 262 Å². The van der Waals surface area contributed by atoms with Gasteiger partial charge in [0.25, 0.3) is 5.91 Å². The highest BCUT2D eigenvalue weighted by atomic mass is 79.9. The first-order chi connectivity index (χ1) is 19.9. The SMILES string of the molecule is Cc1ncsc1-c1ccc(C(C)NC(=O)C2CCCN2C(=O)C(NC(=O)c2nc3cc(Br)ccc3s2)C(C)(C)C)cc1. The molecule has 5 rings (SSSR count). The molecule has 220 valence electrons. The minimum absolute atomic E-state index is 0.188. The van der Waals surface area contributed by atoms with E-state index in [0.29, 0.717) is 18.0 Å². The average Bonchev–Trinajstić information content (AvgIpc) is 3.70. The second-order valence-corrected chi connectivity index (χ2v) is 14.5. The number of carbonyl (C=O) groups excluding carboxylic acids is 3. The zero-order valence-corrected chi connectivity index (χ0v) is 27.5. The van der Waals surface area contributed by atoms with Gasteiger partial charge < -0.3 is 15.5 Å². The van der Waals surface area contributed by atoms with Crippen LogP contribution in [0.15, 0.2) is 52.4 Å². The second kappa shape index (κ2) is 12.2. The fourth-order valence-electron chi connectivity index (χ4n) is 5.20. The number of rotatable bonds is 7. The van der Waals surface area contributed by atoms with Crippen molar-refractivity contribution >= 4 is 66.5 Å². The van der Waals surface area contributed by atoms with Gasteiger partial charge in [-0.25, -0.2) is 9.97 Å². The van der Waals surface area contributed by atoms with Crippen molar-refractivity contribution in [2.45, 2.75) is 65.6 Å². The van der Waals surface area contributed by atoms with Gasteiger partial charge in [-0.1, -0.05) is 61.0 Å². The number of carbonyl (C=O) groups is 3. The molecule has 1 aliphatic heterocycles. The van der Waals surface area contributed by atoms with Gasteiger partial charge in [0, 0.05) is 11.0 Å². The van der Waals surface area contributed by atoms with Crippen molar-refractivity contribution in [2.75, 3.05) is 6.54 Å². The van der Waals surface area contributed by atoms with Gasteiger partial charge in [-0.05, 0) is 61.4 Å². The Hall–Kier alpha value is -3.15. The molecule has 0 bridgehead atoms. The summed E-state index contributed by atoms with van der Waals surface area (Å²) in [5, 5.41) is 6.35. The van der Waals surface area contributed by atoms with Crippen LogP contribution in [-0.2, 0) is 9.59 Å². The Kier molecular flexibility index (Phi) is 8.82. The summed E-state index contributed by atoms with van der Waals surface area (Å²) in [6, 6.07) is 12.1. The fourth-order valence-corrected chi connectivity index (χ4v) is 7.21. The van der Waals surface area contributed by atoms with Crippen LogP contribution < -0.4 is 10.6 Å². The zero-order chi connectivity index (χ0) is 30.2. The van der Waals surface area contributed by atoms with E-state index in [1.807, 2.05) is 82.6 Å². The van der Waals surface area contributed by atoms with Crippen LogP contribution in [0.5, 0.6) is 0 Å². The number of nitrogens with one attached hydrogen (secondary N) is 2. The summed E-state index contributed by atoms with van der Waals surface area (Å²) in [5.41, 5.74) is 5.05. The van der Waals surface area contributed by atoms with Gasteiger partial charge in [-0.2, -0.15) is 0 Å². The molecule has 3 heterocycles. The predicted molar refractivity (Wildman–Crippen MR) is 172 cm³/mol. The van der Waals surface area contributed by atoms with Crippen LogP contribution in [-0.4, -0.2) is 51.2 Å². The van der Waals surface area contributed by atoms with Crippen LogP contribution in [0.1, 0.15) is 67.6 Å². The predicted octanol–water partition coefficient (Wildman–Crippen LogP) is 6.50. The number of fused-ring (bicyclic) bond motifs is 1. The van der Waals surface area contributed by atoms with Gasteiger partial charge in [0.2, 0.25) is 11.8 Å². The number of halogens is 1. The van der Waals surface area contributed by atoms with E-state index in [2.05, 4.69) is 36.5 Å². The van der Waals surface area contributed by atoms with E-state index in [4.69, 9.17) is 0 Å². The zero-order valence-electron chi connectivity index (χ0n) is 24.2. The maximum atomic E-state index is 13.9. The van der Waals surface area contributed by atoms with Gasteiger partial charge in [0.05, 0.1) is 32.3 Å². The number of hydrogen-bond donors (Lipinski definition) is 2. The maximum Gasteiger partial charge on any atom is 0.280 e. The number of hydrogen-bond acceptors (Lipinski definition) is 7. The molecular formula is C31H34BrN5O3S2. The summed E-state index contributed by atoms with van der Waals surface area (Å²) in [6.07, 6.45) is 1.30. The molecule has 3 atom stereocenters. The van der Waals surface area contributed by atoms with Crippen LogP contribution in [0, 0.1) is 12.3 Å². The molecule has 2 aromatic heterocycles. The molecule has 3 unspecified atom stereocenters. The van der Waals surface area contributed by atoms with Crippen LogP contribution in [0.2, 0.25) is 0 Å². The highest BCUT2D eigenvalue weighted by Crippen LogP contribution is 2.30. The summed E-state index contributed by atoms with van der Waals surface area (Å²) in [4.78, 5) is 52.3. The number of benzene rings is 2. The van der Waals surface area contributed by atoms with Crippen LogP contribution in [0.4, 0.5) is 0 Å². The molecule has 2 aromatic carbocycles. The summed E-state index contributed by atoms with van der Waals surface area (Å²) >= 11 is 6.33. The Morgan fingerprint density at radius 3 is 2.50 bits per heavy atom. The van der Waals surface area contributed by atoms with Crippen molar-refractivity contribution in [3.05, 3.63) is 68.7 Å². The lowest BCUT2D eigenvalue weighted by Gasteiger charge is -2.35. The van der Waals surface area contributed by atoms with E-state index in [0.717, 1.165) is 42.8 Å². The molecular weight excluding hydrogens is 634 g/mol. The summed E-state index contributed by atoms with van der Waals surface area (Å²) in [7, 11) is 0. The lowest BCUT2D eigenvalue weighted by atomic mass is 9.85. The van der Waals surface area contributed by atoms with E-state index < -0.39 is 23.4 Å². The molecule has 2 N–H and O–H groups in total. The van der Waals surface area contributed by atoms with Gasteiger partial charge in [0.1, 0.15) is 12.1 Å². The third-order valence-electron chi connectivity index (χ3n) is 7.55. The number of aryl methyl sites for hydroxylation is 1. The number of amides is 3. The van der Waals surface area contributed by atoms with Crippen molar-refractivity contribution in [1.29, 1.82) is 0 Å². The first-order valence-corrected chi connectivity index (χ1v) is 16.4. The van der Waals surface area contributed by atoms with Crippen molar-refractivity contribution in [3.63, 3.8) is 0 Å². The lowest BCUT2D eigenvalue weighted by molar-refractivity contribution is -0.142. The third-order valence-corrected chi connectivity index (χ3v) is 10.1. The average molecular weight is 669 g/mol. The molecule has 1 aliphatic rings. The van der Waals surface area contributed by atoms with E-state index in [9.17, 15) is 14.4 Å². The first-order valence-electron chi connectivity index (χ1n) is 13.9. The number of nitrogens with zero attached hydrogens (tertiary/aromatic N) is 3. The van der Waals surface area contributed by atoms with Gasteiger partial charge in [-0.3, -0.25) is 14.4 Å². The molecule has 1 fully saturated rings. The summed E-state index contributed by atoms with van der Waals surface area (Å²) in [5.74, 6) is -0.841. The molecule has 3 amide bonds. The van der Waals surface area contributed by atoms with E-state index >= 15 is 0 Å². The minimum Gasteiger partial charge on any atom is -0.348 e. The smallest absolute Gasteiger partial charge is 0.280 e. The Morgan fingerprint density at radius 1 is 1.10 bits per heavy atom. The Morgan fingerprint density at radius 2 is 1.83 bits per heavy atom. The van der Waals surface area contributed by atoms with Crippen LogP contribution >= 0.6 is 38.6 Å². The molecule has 8 nitrogen and oxygen atoms in total. The van der Waals surface area contributed by atoms with Crippen LogP contribution in [0.3, 0.4) is 0 Å². The van der Waals surface area contributed by atoms with Crippen molar-refractivity contribution in [3.8, 4) is 10.4 Å². The maximum absolute atomic E-state index is 13.9. The van der Waals surface area contributed by atoms with Gasteiger partial charge in [0.15, 0.2) is 5.01 Å². The molecule has 42 heavy (non-hydrogen) atoms. The first kappa shape index (κ1) is 30.3. The lowest BCUT2D eigenvalue weighted by Crippen LogP contribution is -2.57. The van der Waals surface area contributed by atoms with Crippen molar-refractivity contribution in [2.24, 2.45) is 5.41 Å². The topological polar surface area (TPSA) is 104 Å². The van der Waals surface area contributed by atoms with E-state index in [-0.39, 0.29) is 17.9 Å². The normalized spacial score (nSPS) is 16.8. The third kappa shape index (κ3) is 6.43. The highest BCUT2D eigenvalue weighted by molar-refractivity contribution is 9.10. The minimum atomic E-state index is -0.822. The second-order valence-electron chi connectivity index (χ2n) is 11.7. The van der Waals surface area contributed by atoms with E-state index in [1.54, 1.807) is 16.2 Å². The molecule has 0 saturated carbocycles. The summed E-state index contributed by atoms with van der Waals surface area (Å²) in [6.45, 7) is 10.1. The van der Waals surface area contributed by atoms with Crippen LogP contribution in [0.25, 0.3) is 20.7 Å². The molecule has 4 aromatic rings. The monoisotopic (exact) mass is 667 g/mol. The van der Waals surface area contributed by atoms with Crippen molar-refractivity contribution < 1.29 is 14.4 Å². The Balaban J connectivity index is 1.27. The molecule has 0 radical (unpaired) electrons. The molecule has 0 aliphatic carbocycles. The molecule has 0 spiro atoms. The number of thiazole rings is 2. The highest BCUT2D eigenvalue weighted by Gasteiger charge is 2.42. The summed E-state index contributed by atoms with van der Waals surface area (Å²) < 4.78 is 1.77. The Bertz CT molecular complexity index is 1630. The standard InChI is InChI=1S/C31H34BrN5O3S2/c1-17(19-8-10-20(11-9-19)25-18(2)33-16-41-25)34-27(38)23-7-6-14-37(23)30(40)26(31(3,4)5)36-28(39)29-35-22-15-21(32)12-13-24(22)42-29/h8-13,15-17,23,26H,6-7,14H2,1-5H3,(H,34,38)(H,36,39).